The van der Waals surface area contributed by atoms with Crippen molar-refractivity contribution in [1.29, 1.82) is 0 Å². The Morgan fingerprint density at radius 2 is 1.83 bits per heavy atom. The third-order valence-corrected chi connectivity index (χ3v) is 8.80. The number of aryl methyl sites for hydroxylation is 1. The molecule has 9 nitrogen and oxygen atoms in total. The highest BCUT2D eigenvalue weighted by Crippen LogP contribution is 2.34. The molecular weight excluding hydrogens is 554 g/mol. The van der Waals surface area contributed by atoms with E-state index < -0.39 is 11.9 Å². The Hall–Kier alpha value is -4.28. The van der Waals surface area contributed by atoms with Crippen LogP contribution in [0.25, 0.3) is 20.8 Å². The number of imide groups is 1. The van der Waals surface area contributed by atoms with Crippen LogP contribution >= 0.6 is 11.3 Å². The molecule has 6 rings (SSSR count). The largest absolute Gasteiger partial charge is 0.493 e. The molecule has 1 aromatic heterocycles. The minimum Gasteiger partial charge on any atom is -0.493 e. The predicted molar refractivity (Wildman–Crippen MR) is 160 cm³/mol. The topological polar surface area (TPSA) is 98.3 Å². The number of hydrogen-bond donors (Lipinski definition) is 0. The van der Waals surface area contributed by atoms with Gasteiger partial charge in [-0.3, -0.25) is 14.4 Å². The molecule has 3 amide bonds. The van der Waals surface area contributed by atoms with Crippen LogP contribution in [0.5, 0.6) is 11.5 Å². The second kappa shape index (κ2) is 11.5. The van der Waals surface area contributed by atoms with E-state index in [1.54, 1.807) is 41.7 Å². The number of hydrogen-bond acceptors (Lipinski definition) is 8. The van der Waals surface area contributed by atoms with Crippen molar-refractivity contribution in [3.05, 3.63) is 71.8 Å². The summed E-state index contributed by atoms with van der Waals surface area (Å²) in [4.78, 5) is 48.3. The molecule has 2 fully saturated rings. The van der Waals surface area contributed by atoms with Gasteiger partial charge in [0.1, 0.15) is 11.0 Å². The van der Waals surface area contributed by atoms with Gasteiger partial charge in [0.15, 0.2) is 11.5 Å². The summed E-state index contributed by atoms with van der Waals surface area (Å²) in [5.41, 5.74) is 3.80. The lowest BCUT2D eigenvalue weighted by Gasteiger charge is -2.30. The molecule has 42 heavy (non-hydrogen) atoms. The Morgan fingerprint density at radius 3 is 2.55 bits per heavy atom. The van der Waals surface area contributed by atoms with Crippen molar-refractivity contribution < 1.29 is 28.6 Å². The molecule has 0 bridgehead atoms. The second-order valence-corrected chi connectivity index (χ2v) is 11.5. The standard InChI is InChI=1S/C32H31N3O6S/c1-19-6-12-24-28(15-19)42-30(33-24)20-7-10-22(11-8-20)35-29(36)17-25(32(35)38)34(18-23-5-4-14-41-23)31(37)21-9-13-26(39-2)27(16-21)40-3/h6-13,15-16,23,25H,4-5,14,17-18H2,1-3H3. The summed E-state index contributed by atoms with van der Waals surface area (Å²) in [6, 6.07) is 17.3. The van der Waals surface area contributed by atoms with E-state index in [0.29, 0.717) is 29.4 Å². The maximum atomic E-state index is 13.9. The van der Waals surface area contributed by atoms with Crippen molar-refractivity contribution >= 4 is 45.0 Å². The average Bonchev–Trinajstić information content (AvgIpc) is 3.74. The number of methoxy groups -OCH3 is 2. The van der Waals surface area contributed by atoms with Crippen LogP contribution in [0.3, 0.4) is 0 Å². The first-order valence-electron chi connectivity index (χ1n) is 13.9. The number of aromatic nitrogens is 1. The van der Waals surface area contributed by atoms with Crippen LogP contribution in [0.1, 0.15) is 35.2 Å². The molecule has 3 heterocycles. The third kappa shape index (κ3) is 5.23. The van der Waals surface area contributed by atoms with Gasteiger partial charge in [-0.2, -0.15) is 0 Å². The lowest BCUT2D eigenvalue weighted by atomic mass is 10.1. The first kappa shape index (κ1) is 27.9. The van der Waals surface area contributed by atoms with E-state index in [1.807, 2.05) is 31.2 Å². The highest BCUT2D eigenvalue weighted by atomic mass is 32.1. The number of thiazole rings is 1. The van der Waals surface area contributed by atoms with Gasteiger partial charge in [0.25, 0.3) is 11.8 Å². The van der Waals surface area contributed by atoms with Crippen LogP contribution < -0.4 is 14.4 Å². The maximum absolute atomic E-state index is 13.9. The number of fused-ring (bicyclic) bond motifs is 1. The van der Waals surface area contributed by atoms with Gasteiger partial charge in [-0.1, -0.05) is 6.07 Å². The second-order valence-electron chi connectivity index (χ2n) is 10.5. The van der Waals surface area contributed by atoms with Crippen molar-refractivity contribution in [2.75, 3.05) is 32.3 Å². The highest BCUT2D eigenvalue weighted by molar-refractivity contribution is 7.21. The summed E-state index contributed by atoms with van der Waals surface area (Å²) in [6.07, 6.45) is 1.35. The molecule has 3 aromatic carbocycles. The molecule has 0 saturated carbocycles. The summed E-state index contributed by atoms with van der Waals surface area (Å²) in [5, 5.41) is 0.863. The van der Waals surface area contributed by atoms with E-state index >= 15 is 0 Å². The summed E-state index contributed by atoms with van der Waals surface area (Å²) < 4.78 is 17.6. The molecule has 10 heteroatoms. The number of benzene rings is 3. The number of rotatable bonds is 8. The van der Waals surface area contributed by atoms with Gasteiger partial charge in [0.2, 0.25) is 5.91 Å². The van der Waals surface area contributed by atoms with Crippen LogP contribution in [0.2, 0.25) is 0 Å². The van der Waals surface area contributed by atoms with Gasteiger partial charge in [-0.15, -0.1) is 11.3 Å². The van der Waals surface area contributed by atoms with Gasteiger partial charge in [-0.25, -0.2) is 9.88 Å². The van der Waals surface area contributed by atoms with E-state index in [2.05, 4.69) is 6.07 Å². The van der Waals surface area contributed by atoms with Crippen LogP contribution in [-0.4, -0.2) is 67.1 Å². The Morgan fingerprint density at radius 1 is 1.05 bits per heavy atom. The molecule has 2 aliphatic heterocycles. The van der Waals surface area contributed by atoms with E-state index in [0.717, 1.165) is 33.6 Å². The lowest BCUT2D eigenvalue weighted by Crippen LogP contribution is -2.48. The quantitative estimate of drug-likeness (QED) is 0.261. The SMILES string of the molecule is COc1ccc(C(=O)N(CC2CCCO2)C2CC(=O)N(c3ccc(-c4nc5ccc(C)cc5s4)cc3)C2=O)cc1OC. The van der Waals surface area contributed by atoms with Gasteiger partial charge in [-0.05, 0) is 79.9 Å². The summed E-state index contributed by atoms with van der Waals surface area (Å²) in [6.45, 7) is 2.86. The highest BCUT2D eigenvalue weighted by Gasteiger charge is 2.45. The van der Waals surface area contributed by atoms with Gasteiger partial charge >= 0.3 is 0 Å². The Balaban J connectivity index is 1.27. The summed E-state index contributed by atoms with van der Waals surface area (Å²) in [7, 11) is 3.02. The van der Waals surface area contributed by atoms with Crippen LogP contribution in [-0.2, 0) is 14.3 Å². The molecule has 2 unspecified atom stereocenters. The van der Waals surface area contributed by atoms with Crippen molar-refractivity contribution in [2.24, 2.45) is 0 Å². The number of carbonyl (C=O) groups excluding carboxylic acids is 3. The van der Waals surface area contributed by atoms with Crippen LogP contribution in [0, 0.1) is 6.92 Å². The smallest absolute Gasteiger partial charge is 0.257 e. The molecule has 2 saturated heterocycles. The van der Waals surface area contributed by atoms with Crippen molar-refractivity contribution in [3.8, 4) is 22.1 Å². The average molecular weight is 586 g/mol. The summed E-state index contributed by atoms with van der Waals surface area (Å²) >= 11 is 1.60. The van der Waals surface area contributed by atoms with Crippen molar-refractivity contribution in [1.82, 2.24) is 9.88 Å². The number of ether oxygens (including phenoxy) is 3. The van der Waals surface area contributed by atoms with E-state index in [4.69, 9.17) is 19.2 Å². The predicted octanol–water partition coefficient (Wildman–Crippen LogP) is 5.24. The van der Waals surface area contributed by atoms with Crippen LogP contribution in [0.15, 0.2) is 60.7 Å². The molecule has 216 valence electrons. The Kier molecular flexibility index (Phi) is 7.66. The van der Waals surface area contributed by atoms with Gasteiger partial charge in [0.05, 0.1) is 42.6 Å². The summed E-state index contributed by atoms with van der Waals surface area (Å²) in [5.74, 6) is -0.275. The van der Waals surface area contributed by atoms with E-state index in [9.17, 15) is 14.4 Å². The number of carbonyl (C=O) groups is 3. The zero-order chi connectivity index (χ0) is 29.4. The Labute approximate surface area is 247 Å². The van der Waals surface area contributed by atoms with Crippen molar-refractivity contribution in [3.63, 3.8) is 0 Å². The number of amides is 3. The first-order valence-corrected chi connectivity index (χ1v) is 14.7. The molecule has 0 radical (unpaired) electrons. The minimum absolute atomic E-state index is 0.108. The normalized spacial score (nSPS) is 18.6. The van der Waals surface area contributed by atoms with Gasteiger partial charge < -0.3 is 19.1 Å². The Bertz CT molecular complexity index is 1660. The fourth-order valence-electron chi connectivity index (χ4n) is 5.53. The number of anilines is 1. The molecular formula is C32H31N3O6S. The molecule has 0 N–H and O–H groups in total. The van der Waals surface area contributed by atoms with E-state index in [-0.39, 0.29) is 30.9 Å². The number of nitrogens with zero attached hydrogens (tertiary/aromatic N) is 3. The van der Waals surface area contributed by atoms with Crippen LogP contribution in [0.4, 0.5) is 5.69 Å². The van der Waals surface area contributed by atoms with Gasteiger partial charge in [0, 0.05) is 24.3 Å². The van der Waals surface area contributed by atoms with Crippen molar-refractivity contribution in [2.45, 2.75) is 38.3 Å². The molecule has 4 aromatic rings. The molecule has 2 aliphatic rings. The fourth-order valence-corrected chi connectivity index (χ4v) is 6.60. The molecule has 0 aliphatic carbocycles. The molecule has 2 atom stereocenters. The minimum atomic E-state index is -0.950. The fraction of sp³-hybridized carbons (Fsp3) is 0.312. The maximum Gasteiger partial charge on any atom is 0.257 e. The molecule has 0 spiro atoms. The van der Waals surface area contributed by atoms with E-state index in [1.165, 1.54) is 29.6 Å². The third-order valence-electron chi connectivity index (χ3n) is 7.73. The monoisotopic (exact) mass is 585 g/mol. The zero-order valence-corrected chi connectivity index (χ0v) is 24.5. The zero-order valence-electron chi connectivity index (χ0n) is 23.7. The first-order chi connectivity index (χ1) is 20.4. The lowest BCUT2D eigenvalue weighted by molar-refractivity contribution is -0.122.